The molecule has 0 aliphatic carbocycles. The molecule has 1 aliphatic rings. The largest absolute Gasteiger partial charge is 0.395 e. The Bertz CT molecular complexity index is 875. The molecule has 0 bridgehead atoms. The van der Waals surface area contributed by atoms with Gasteiger partial charge in [0.15, 0.2) is 5.79 Å². The first-order chi connectivity index (χ1) is 12.5. The van der Waals surface area contributed by atoms with Gasteiger partial charge < -0.3 is 19.1 Å². The van der Waals surface area contributed by atoms with Gasteiger partial charge in [0.25, 0.3) is 0 Å². The molecule has 3 rings (SSSR count). The van der Waals surface area contributed by atoms with Crippen molar-refractivity contribution in [3.05, 3.63) is 39.8 Å². The molecule has 148 valence electrons. The topological polar surface area (TPSA) is 86.8 Å². The lowest BCUT2D eigenvalue weighted by Crippen LogP contribution is -2.42. The van der Waals surface area contributed by atoms with E-state index in [2.05, 4.69) is 0 Å². The summed E-state index contributed by atoms with van der Waals surface area (Å²) in [5.74, 6) is -1.59. The highest BCUT2D eigenvalue weighted by atomic mass is 19.1. The Hall–Kier alpha value is -2.03. The Morgan fingerprint density at radius 2 is 2.11 bits per heavy atom. The molecule has 7 nitrogen and oxygen atoms in total. The molecule has 1 N–H and O–H groups in total. The monoisotopic (exact) mass is 380 g/mol. The summed E-state index contributed by atoms with van der Waals surface area (Å²) in [4.78, 5) is 10.4. The van der Waals surface area contributed by atoms with Gasteiger partial charge in [0, 0.05) is 35.2 Å². The molecule has 1 saturated heterocycles. The van der Waals surface area contributed by atoms with Crippen molar-refractivity contribution in [3.63, 3.8) is 0 Å². The fourth-order valence-corrected chi connectivity index (χ4v) is 3.51. The Balaban J connectivity index is 2.11. The lowest BCUT2D eigenvalue weighted by atomic mass is 9.90. The highest BCUT2D eigenvalue weighted by Gasteiger charge is 2.32. The van der Waals surface area contributed by atoms with Crippen LogP contribution in [0.15, 0.2) is 18.2 Å². The minimum Gasteiger partial charge on any atom is -0.395 e. The van der Waals surface area contributed by atoms with Crippen molar-refractivity contribution >= 4 is 16.6 Å². The third kappa shape index (κ3) is 3.83. The molecule has 8 heteroatoms. The van der Waals surface area contributed by atoms with Crippen molar-refractivity contribution in [2.45, 2.75) is 58.0 Å². The van der Waals surface area contributed by atoms with Crippen molar-refractivity contribution in [1.29, 1.82) is 0 Å². The van der Waals surface area contributed by atoms with Crippen LogP contribution in [0.1, 0.15) is 39.8 Å². The maximum atomic E-state index is 14.3. The second-order valence-electron chi connectivity index (χ2n) is 8.08. The number of aliphatic hydroxyl groups is 1. The SMILES string of the molecule is CC1(C)OCC[C@H](Cn2c(C(C)(C)CO)cc3cc([N+](=O)[O-])c(F)cc32)O1. The van der Waals surface area contributed by atoms with Gasteiger partial charge >= 0.3 is 5.69 Å². The van der Waals surface area contributed by atoms with Gasteiger partial charge in [-0.2, -0.15) is 4.39 Å². The van der Waals surface area contributed by atoms with Crippen molar-refractivity contribution < 1.29 is 23.9 Å². The number of nitro benzene ring substituents is 1. The lowest BCUT2D eigenvalue weighted by Gasteiger charge is -2.37. The van der Waals surface area contributed by atoms with E-state index in [0.717, 1.165) is 5.69 Å². The molecular weight excluding hydrogens is 355 g/mol. The number of aliphatic hydroxyl groups excluding tert-OH is 1. The van der Waals surface area contributed by atoms with Crippen molar-refractivity contribution in [3.8, 4) is 0 Å². The number of rotatable bonds is 5. The number of hydrogen-bond donors (Lipinski definition) is 1. The summed E-state index contributed by atoms with van der Waals surface area (Å²) in [5, 5.41) is 21.5. The molecule has 1 atom stereocenters. The molecular formula is C19H25FN2O5. The highest BCUT2D eigenvalue weighted by molar-refractivity contribution is 5.84. The number of nitro groups is 1. The van der Waals surface area contributed by atoms with Crippen molar-refractivity contribution in [2.24, 2.45) is 0 Å². The van der Waals surface area contributed by atoms with Gasteiger partial charge in [0.2, 0.25) is 5.82 Å². The van der Waals surface area contributed by atoms with Crippen LogP contribution < -0.4 is 0 Å². The number of hydrogen-bond acceptors (Lipinski definition) is 5. The Morgan fingerprint density at radius 1 is 1.41 bits per heavy atom. The van der Waals surface area contributed by atoms with E-state index < -0.39 is 27.6 Å². The van der Waals surface area contributed by atoms with Gasteiger partial charge in [-0.05, 0) is 26.3 Å². The summed E-state index contributed by atoms with van der Waals surface area (Å²) in [6.07, 6.45) is 0.522. The third-order valence-corrected chi connectivity index (χ3v) is 4.98. The van der Waals surface area contributed by atoms with Crippen molar-refractivity contribution in [2.75, 3.05) is 13.2 Å². The number of ether oxygens (including phenoxy) is 2. The zero-order chi connectivity index (χ0) is 20.0. The number of fused-ring (bicyclic) bond motifs is 1. The van der Waals surface area contributed by atoms with E-state index in [4.69, 9.17) is 9.47 Å². The van der Waals surface area contributed by atoms with Crippen LogP contribution in [-0.4, -0.2) is 39.7 Å². The predicted octanol–water partition coefficient (Wildman–Crippen LogP) is 3.50. The first-order valence-corrected chi connectivity index (χ1v) is 8.94. The number of nitrogens with zero attached hydrogens (tertiary/aromatic N) is 2. The summed E-state index contributed by atoms with van der Waals surface area (Å²) >= 11 is 0. The smallest absolute Gasteiger partial charge is 0.305 e. The Kier molecular flexibility index (Phi) is 5.00. The number of halogens is 1. The van der Waals surface area contributed by atoms with Crippen LogP contribution in [0.5, 0.6) is 0 Å². The molecule has 0 spiro atoms. The molecule has 1 aliphatic heterocycles. The van der Waals surface area contributed by atoms with Gasteiger partial charge in [0.1, 0.15) is 0 Å². The average Bonchev–Trinajstić information content (AvgIpc) is 2.91. The van der Waals surface area contributed by atoms with Crippen LogP contribution in [-0.2, 0) is 21.4 Å². The molecule has 1 aromatic heterocycles. The summed E-state index contributed by atoms with van der Waals surface area (Å²) in [6, 6.07) is 4.21. The molecule has 1 fully saturated rings. The zero-order valence-corrected chi connectivity index (χ0v) is 16.0. The zero-order valence-electron chi connectivity index (χ0n) is 16.0. The van der Waals surface area contributed by atoms with E-state index in [0.29, 0.717) is 30.5 Å². The quantitative estimate of drug-likeness (QED) is 0.634. The van der Waals surface area contributed by atoms with Crippen LogP contribution in [0.25, 0.3) is 10.9 Å². The van der Waals surface area contributed by atoms with Gasteiger partial charge in [0.05, 0.1) is 29.8 Å². The van der Waals surface area contributed by atoms with E-state index in [9.17, 15) is 19.6 Å². The van der Waals surface area contributed by atoms with Crippen LogP contribution in [0.4, 0.5) is 10.1 Å². The number of aromatic nitrogens is 1. The maximum Gasteiger partial charge on any atom is 0.305 e. The minimum absolute atomic E-state index is 0.117. The molecule has 2 aromatic rings. The Labute approximate surface area is 156 Å². The van der Waals surface area contributed by atoms with E-state index in [1.807, 2.05) is 32.3 Å². The number of benzene rings is 1. The van der Waals surface area contributed by atoms with Crippen LogP contribution in [0, 0.1) is 15.9 Å². The van der Waals surface area contributed by atoms with Gasteiger partial charge in [-0.25, -0.2) is 0 Å². The van der Waals surface area contributed by atoms with E-state index in [-0.39, 0.29) is 12.7 Å². The van der Waals surface area contributed by atoms with Crippen molar-refractivity contribution in [1.82, 2.24) is 4.57 Å². The van der Waals surface area contributed by atoms with Gasteiger partial charge in [-0.15, -0.1) is 0 Å². The summed E-state index contributed by atoms with van der Waals surface area (Å²) in [5.41, 5.74) is 0.150. The van der Waals surface area contributed by atoms with E-state index in [1.54, 1.807) is 6.07 Å². The summed E-state index contributed by atoms with van der Waals surface area (Å²) < 4.78 is 27.7. The summed E-state index contributed by atoms with van der Waals surface area (Å²) in [7, 11) is 0. The lowest BCUT2D eigenvalue weighted by molar-refractivity contribution is -0.387. The molecule has 0 amide bonds. The van der Waals surface area contributed by atoms with Gasteiger partial charge in [-0.1, -0.05) is 13.8 Å². The second kappa shape index (κ2) is 6.85. The molecule has 2 heterocycles. The maximum absolute atomic E-state index is 14.3. The first-order valence-electron chi connectivity index (χ1n) is 8.94. The Morgan fingerprint density at radius 3 is 2.70 bits per heavy atom. The van der Waals surface area contributed by atoms with Crippen LogP contribution in [0.3, 0.4) is 0 Å². The molecule has 0 unspecified atom stereocenters. The first kappa shape index (κ1) is 19.7. The molecule has 1 aromatic carbocycles. The van der Waals surface area contributed by atoms with E-state index in [1.165, 1.54) is 12.1 Å². The van der Waals surface area contributed by atoms with Crippen LogP contribution >= 0.6 is 0 Å². The minimum atomic E-state index is -0.881. The summed E-state index contributed by atoms with van der Waals surface area (Å²) in [6.45, 7) is 8.30. The highest BCUT2D eigenvalue weighted by Crippen LogP contribution is 2.34. The fraction of sp³-hybridized carbons (Fsp3) is 0.579. The molecule has 27 heavy (non-hydrogen) atoms. The van der Waals surface area contributed by atoms with E-state index >= 15 is 0 Å². The van der Waals surface area contributed by atoms with Crippen LogP contribution in [0.2, 0.25) is 0 Å². The second-order valence-corrected chi connectivity index (χ2v) is 8.08. The third-order valence-electron chi connectivity index (χ3n) is 4.98. The standard InChI is InChI=1S/C19H25FN2O5/c1-18(2,11-23)17-8-12-7-16(22(24)25)14(20)9-15(12)21(17)10-13-5-6-26-19(3,4)27-13/h7-9,13,23H,5-6,10-11H2,1-4H3/t13-/m1/s1. The van der Waals surface area contributed by atoms with Gasteiger partial charge in [-0.3, -0.25) is 10.1 Å². The normalized spacial score (nSPS) is 20.1. The predicted molar refractivity (Wildman–Crippen MR) is 98.2 cm³/mol. The molecule has 0 radical (unpaired) electrons. The molecule has 0 saturated carbocycles. The average molecular weight is 380 g/mol. The fourth-order valence-electron chi connectivity index (χ4n) is 3.51.